The number of benzene rings is 2. The second-order valence-electron chi connectivity index (χ2n) is 6.25. The average molecular weight is 402 g/mol. The van der Waals surface area contributed by atoms with Crippen molar-refractivity contribution in [2.24, 2.45) is 0 Å². The van der Waals surface area contributed by atoms with E-state index in [0.717, 1.165) is 6.26 Å². The smallest absolute Gasteiger partial charge is 0.272 e. The Hall–Kier alpha value is -3.20. The zero-order valence-corrected chi connectivity index (χ0v) is 16.1. The number of sulfonamides is 1. The van der Waals surface area contributed by atoms with Crippen LogP contribution in [-0.4, -0.2) is 30.4 Å². The Kier molecular flexibility index (Phi) is 5.46. The molecule has 146 valence electrons. The molecule has 0 spiro atoms. The monoisotopic (exact) mass is 402 g/mol. The number of amides is 1. The highest BCUT2D eigenvalue weighted by Crippen LogP contribution is 2.23. The second-order valence-corrected chi connectivity index (χ2v) is 8.00. The van der Waals surface area contributed by atoms with E-state index in [1.54, 1.807) is 49.4 Å². The predicted molar refractivity (Wildman–Crippen MR) is 104 cm³/mol. The first-order valence-electron chi connectivity index (χ1n) is 8.43. The van der Waals surface area contributed by atoms with E-state index >= 15 is 0 Å². The lowest BCUT2D eigenvalue weighted by Crippen LogP contribution is -2.28. The van der Waals surface area contributed by atoms with Crippen molar-refractivity contribution in [3.05, 3.63) is 77.9 Å². The van der Waals surface area contributed by atoms with Crippen LogP contribution in [0.3, 0.4) is 0 Å². The second kappa shape index (κ2) is 7.81. The largest absolute Gasteiger partial charge is 0.344 e. The van der Waals surface area contributed by atoms with E-state index < -0.39 is 27.8 Å². The minimum absolute atomic E-state index is 0.114. The van der Waals surface area contributed by atoms with Gasteiger partial charge >= 0.3 is 0 Å². The predicted octanol–water partition coefficient (Wildman–Crippen LogP) is 2.87. The zero-order chi connectivity index (χ0) is 20.3. The molecule has 0 aliphatic rings. The van der Waals surface area contributed by atoms with E-state index in [-0.39, 0.29) is 11.4 Å². The number of hydrogen-bond acceptors (Lipinski definition) is 4. The normalized spacial score (nSPS) is 12.4. The summed E-state index contributed by atoms with van der Waals surface area (Å²) in [5.41, 5.74) is 1.34. The van der Waals surface area contributed by atoms with Crippen molar-refractivity contribution >= 4 is 21.6 Å². The van der Waals surface area contributed by atoms with Gasteiger partial charge in [0, 0.05) is 6.20 Å². The summed E-state index contributed by atoms with van der Waals surface area (Å²) in [6, 6.07) is 13.9. The van der Waals surface area contributed by atoms with Crippen LogP contribution >= 0.6 is 0 Å². The first kappa shape index (κ1) is 19.6. The number of para-hydroxylation sites is 2. The quantitative estimate of drug-likeness (QED) is 0.663. The van der Waals surface area contributed by atoms with Crippen molar-refractivity contribution < 1.29 is 17.6 Å². The molecular weight excluding hydrogens is 383 g/mol. The van der Waals surface area contributed by atoms with E-state index in [4.69, 9.17) is 0 Å². The molecular formula is C19H19FN4O3S. The molecule has 2 N–H and O–H groups in total. The number of aromatic nitrogens is 2. The van der Waals surface area contributed by atoms with Crippen molar-refractivity contribution in [1.82, 2.24) is 15.1 Å². The summed E-state index contributed by atoms with van der Waals surface area (Å²) in [6.07, 6.45) is 2.56. The lowest BCUT2D eigenvalue weighted by atomic mass is 10.1. The third-order valence-electron chi connectivity index (χ3n) is 3.99. The van der Waals surface area contributed by atoms with Gasteiger partial charge in [0.1, 0.15) is 11.5 Å². The van der Waals surface area contributed by atoms with Gasteiger partial charge in [0.2, 0.25) is 10.0 Å². The summed E-state index contributed by atoms with van der Waals surface area (Å²) in [5, 5.41) is 6.90. The molecule has 1 atom stereocenters. The van der Waals surface area contributed by atoms with Crippen LogP contribution in [0.5, 0.6) is 0 Å². The number of carbonyl (C=O) groups excluding carboxylic acids is 1. The lowest BCUT2D eigenvalue weighted by molar-refractivity contribution is 0.0934. The molecule has 2 aromatic carbocycles. The molecule has 0 saturated heterocycles. The number of nitrogens with one attached hydrogen (secondary N) is 2. The first-order chi connectivity index (χ1) is 13.2. The van der Waals surface area contributed by atoms with Crippen LogP contribution in [0, 0.1) is 5.82 Å². The van der Waals surface area contributed by atoms with Crippen molar-refractivity contribution in [2.45, 2.75) is 13.0 Å². The standard InChI is InChI=1S/C19H19FN4O3S/c1-13(14-7-3-5-9-16(14)23-28(2,26)27)21-19(25)17-11-12-24(22-17)18-10-6-4-8-15(18)20/h3-13,23H,1-2H3,(H,21,25). The Labute approximate surface area is 162 Å². The van der Waals surface area contributed by atoms with Gasteiger partial charge in [-0.15, -0.1) is 0 Å². The van der Waals surface area contributed by atoms with Gasteiger partial charge in [-0.3, -0.25) is 9.52 Å². The highest BCUT2D eigenvalue weighted by atomic mass is 32.2. The molecule has 1 unspecified atom stereocenters. The van der Waals surface area contributed by atoms with Crippen molar-refractivity contribution in [2.75, 3.05) is 11.0 Å². The molecule has 3 aromatic rings. The average Bonchev–Trinajstić information content (AvgIpc) is 3.11. The van der Waals surface area contributed by atoms with Crippen LogP contribution in [-0.2, 0) is 10.0 Å². The summed E-state index contributed by atoms with van der Waals surface area (Å²) in [6.45, 7) is 1.73. The molecule has 0 radical (unpaired) electrons. The molecule has 1 heterocycles. The van der Waals surface area contributed by atoms with Crippen LogP contribution in [0.15, 0.2) is 60.8 Å². The Balaban J connectivity index is 1.78. The van der Waals surface area contributed by atoms with Gasteiger partial charge in [-0.05, 0) is 36.8 Å². The molecule has 0 aliphatic carbocycles. The number of halogens is 1. The lowest BCUT2D eigenvalue weighted by Gasteiger charge is -2.18. The molecule has 7 nitrogen and oxygen atoms in total. The zero-order valence-electron chi connectivity index (χ0n) is 15.3. The summed E-state index contributed by atoms with van der Waals surface area (Å²) in [7, 11) is -3.46. The van der Waals surface area contributed by atoms with Crippen molar-refractivity contribution in [3.63, 3.8) is 0 Å². The molecule has 9 heteroatoms. The van der Waals surface area contributed by atoms with Gasteiger partial charge in [-0.1, -0.05) is 30.3 Å². The molecule has 1 aromatic heterocycles. The van der Waals surface area contributed by atoms with Crippen LogP contribution in [0.4, 0.5) is 10.1 Å². The third-order valence-corrected chi connectivity index (χ3v) is 4.58. The molecule has 1 amide bonds. The van der Waals surface area contributed by atoms with Crippen molar-refractivity contribution in [3.8, 4) is 5.69 Å². The Morgan fingerprint density at radius 2 is 1.79 bits per heavy atom. The fraction of sp³-hybridized carbons (Fsp3) is 0.158. The fourth-order valence-electron chi connectivity index (χ4n) is 2.73. The molecule has 0 fully saturated rings. The van der Waals surface area contributed by atoms with Gasteiger partial charge in [0.25, 0.3) is 5.91 Å². The maximum absolute atomic E-state index is 13.9. The van der Waals surface area contributed by atoms with Gasteiger partial charge in [-0.2, -0.15) is 5.10 Å². The maximum atomic E-state index is 13.9. The van der Waals surface area contributed by atoms with Crippen LogP contribution in [0.2, 0.25) is 0 Å². The van der Waals surface area contributed by atoms with Gasteiger partial charge in [0.05, 0.1) is 18.0 Å². The minimum atomic E-state index is -3.46. The summed E-state index contributed by atoms with van der Waals surface area (Å²) < 4.78 is 40.7. The van der Waals surface area contributed by atoms with Crippen LogP contribution in [0.1, 0.15) is 29.0 Å². The van der Waals surface area contributed by atoms with E-state index in [1.807, 2.05) is 0 Å². The maximum Gasteiger partial charge on any atom is 0.272 e. The molecule has 0 aliphatic heterocycles. The number of rotatable bonds is 6. The number of anilines is 1. The number of hydrogen-bond donors (Lipinski definition) is 2. The van der Waals surface area contributed by atoms with Gasteiger partial charge in [-0.25, -0.2) is 17.5 Å². The van der Waals surface area contributed by atoms with Crippen LogP contribution < -0.4 is 10.0 Å². The number of carbonyl (C=O) groups is 1. The Bertz CT molecular complexity index is 1110. The topological polar surface area (TPSA) is 93.1 Å². The SMILES string of the molecule is CC(NC(=O)c1ccn(-c2ccccc2F)n1)c1ccccc1NS(C)(=O)=O. The molecule has 0 saturated carbocycles. The highest BCUT2D eigenvalue weighted by Gasteiger charge is 2.18. The number of nitrogens with zero attached hydrogens (tertiary/aromatic N) is 2. The molecule has 0 bridgehead atoms. The van der Waals surface area contributed by atoms with E-state index in [9.17, 15) is 17.6 Å². The first-order valence-corrected chi connectivity index (χ1v) is 10.3. The van der Waals surface area contributed by atoms with Gasteiger partial charge < -0.3 is 5.32 Å². The van der Waals surface area contributed by atoms with Crippen molar-refractivity contribution in [1.29, 1.82) is 0 Å². The Morgan fingerprint density at radius 1 is 1.11 bits per heavy atom. The van der Waals surface area contributed by atoms with Crippen LogP contribution in [0.25, 0.3) is 5.69 Å². The summed E-state index contributed by atoms with van der Waals surface area (Å²) in [4.78, 5) is 12.5. The Morgan fingerprint density at radius 3 is 2.50 bits per heavy atom. The third kappa shape index (κ3) is 4.55. The molecule has 28 heavy (non-hydrogen) atoms. The van der Waals surface area contributed by atoms with E-state index in [2.05, 4.69) is 15.1 Å². The summed E-state index contributed by atoms with van der Waals surface area (Å²) in [5.74, 6) is -0.913. The molecule has 3 rings (SSSR count). The highest BCUT2D eigenvalue weighted by molar-refractivity contribution is 7.92. The van der Waals surface area contributed by atoms with E-state index in [0.29, 0.717) is 11.3 Å². The summed E-state index contributed by atoms with van der Waals surface area (Å²) >= 11 is 0. The minimum Gasteiger partial charge on any atom is -0.344 e. The van der Waals surface area contributed by atoms with Gasteiger partial charge in [0.15, 0.2) is 5.69 Å². The fourth-order valence-corrected chi connectivity index (χ4v) is 3.32. The van der Waals surface area contributed by atoms with E-state index in [1.165, 1.54) is 23.0 Å².